The molecular formula is C19H18F3NO3. The first-order chi connectivity index (χ1) is 12.2. The van der Waals surface area contributed by atoms with Crippen molar-refractivity contribution in [2.75, 3.05) is 7.05 Å². The van der Waals surface area contributed by atoms with Crippen LogP contribution in [0.5, 0.6) is 5.75 Å². The molecule has 26 heavy (non-hydrogen) atoms. The Labute approximate surface area is 149 Å². The third kappa shape index (κ3) is 5.34. The van der Waals surface area contributed by atoms with Gasteiger partial charge in [0, 0.05) is 20.5 Å². The second-order valence-corrected chi connectivity index (χ2v) is 5.82. The van der Waals surface area contributed by atoms with E-state index in [-0.39, 0.29) is 24.4 Å². The van der Waals surface area contributed by atoms with E-state index in [4.69, 9.17) is 4.74 Å². The second kappa shape index (κ2) is 8.03. The highest BCUT2D eigenvalue weighted by Crippen LogP contribution is 2.32. The molecule has 0 heterocycles. The van der Waals surface area contributed by atoms with E-state index in [0.717, 1.165) is 6.07 Å². The van der Waals surface area contributed by atoms with Crippen molar-refractivity contribution in [3.8, 4) is 5.75 Å². The molecule has 0 radical (unpaired) electrons. The fraction of sp³-hybridized carbons (Fsp3) is 0.263. The molecule has 2 rings (SSSR count). The lowest BCUT2D eigenvalue weighted by Gasteiger charge is -2.20. The Kier molecular flexibility index (Phi) is 6.02. The molecule has 2 aromatic carbocycles. The van der Waals surface area contributed by atoms with Gasteiger partial charge in [-0.05, 0) is 29.3 Å². The number of hydrogen-bond donors (Lipinski definition) is 0. The zero-order valence-electron chi connectivity index (χ0n) is 14.3. The predicted molar refractivity (Wildman–Crippen MR) is 89.4 cm³/mol. The lowest BCUT2D eigenvalue weighted by Crippen LogP contribution is -2.28. The molecule has 1 amide bonds. The Balaban J connectivity index is 2.03. The fourth-order valence-electron chi connectivity index (χ4n) is 2.43. The quantitative estimate of drug-likeness (QED) is 0.598. The Morgan fingerprint density at radius 3 is 2.23 bits per heavy atom. The van der Waals surface area contributed by atoms with Crippen LogP contribution < -0.4 is 4.74 Å². The summed E-state index contributed by atoms with van der Waals surface area (Å²) in [6.45, 7) is 1.14. The standard InChI is InChI=1S/C19H18F3NO3/c1-13(24)26-16-9-7-14(8-10-16)11-18(25)23(2)12-15-5-3-4-6-17(15)19(20,21)22/h3-10H,11-12H2,1-2H3. The van der Waals surface area contributed by atoms with Crippen LogP contribution >= 0.6 is 0 Å². The topological polar surface area (TPSA) is 46.6 Å². The Morgan fingerprint density at radius 2 is 1.65 bits per heavy atom. The molecule has 0 aliphatic rings. The Hall–Kier alpha value is -2.83. The van der Waals surface area contributed by atoms with Crippen molar-refractivity contribution in [1.29, 1.82) is 0 Å². The molecule has 0 aliphatic carbocycles. The number of nitrogens with zero attached hydrogens (tertiary/aromatic N) is 1. The maximum Gasteiger partial charge on any atom is 0.416 e. The monoisotopic (exact) mass is 365 g/mol. The third-order valence-corrected chi connectivity index (χ3v) is 3.70. The highest BCUT2D eigenvalue weighted by molar-refractivity contribution is 5.78. The van der Waals surface area contributed by atoms with Gasteiger partial charge in [0.1, 0.15) is 5.75 Å². The number of halogens is 3. The number of carbonyl (C=O) groups is 2. The number of esters is 1. The summed E-state index contributed by atoms with van der Waals surface area (Å²) in [5.41, 5.74) is -0.0340. The summed E-state index contributed by atoms with van der Waals surface area (Å²) in [5, 5.41) is 0. The van der Waals surface area contributed by atoms with E-state index < -0.39 is 17.7 Å². The van der Waals surface area contributed by atoms with Crippen LogP contribution in [-0.4, -0.2) is 23.8 Å². The van der Waals surface area contributed by atoms with Crippen molar-refractivity contribution in [3.05, 3.63) is 65.2 Å². The van der Waals surface area contributed by atoms with Crippen LogP contribution in [0.3, 0.4) is 0 Å². The number of likely N-dealkylation sites (N-methyl/N-ethyl adjacent to an activating group) is 1. The average Bonchev–Trinajstić information content (AvgIpc) is 2.55. The van der Waals surface area contributed by atoms with Crippen LogP contribution in [-0.2, 0) is 28.7 Å². The van der Waals surface area contributed by atoms with Crippen LogP contribution in [0.2, 0.25) is 0 Å². The largest absolute Gasteiger partial charge is 0.427 e. The van der Waals surface area contributed by atoms with E-state index in [0.29, 0.717) is 11.3 Å². The van der Waals surface area contributed by atoms with Crippen molar-refractivity contribution < 1.29 is 27.5 Å². The van der Waals surface area contributed by atoms with Gasteiger partial charge in [-0.15, -0.1) is 0 Å². The minimum Gasteiger partial charge on any atom is -0.427 e. The smallest absolute Gasteiger partial charge is 0.416 e. The normalized spacial score (nSPS) is 11.1. The van der Waals surface area contributed by atoms with Gasteiger partial charge in [-0.3, -0.25) is 9.59 Å². The van der Waals surface area contributed by atoms with Crippen LogP contribution in [0.15, 0.2) is 48.5 Å². The summed E-state index contributed by atoms with van der Waals surface area (Å²) in [7, 11) is 1.46. The van der Waals surface area contributed by atoms with Crippen LogP contribution in [0.25, 0.3) is 0 Å². The molecule has 0 saturated carbocycles. The van der Waals surface area contributed by atoms with Crippen LogP contribution in [0.4, 0.5) is 13.2 Å². The number of amides is 1. The number of alkyl halides is 3. The van der Waals surface area contributed by atoms with E-state index in [2.05, 4.69) is 0 Å². The highest BCUT2D eigenvalue weighted by Gasteiger charge is 2.33. The number of rotatable bonds is 5. The maximum absolute atomic E-state index is 13.0. The molecule has 4 nitrogen and oxygen atoms in total. The number of carbonyl (C=O) groups excluding carboxylic acids is 2. The molecule has 0 fully saturated rings. The van der Waals surface area contributed by atoms with Gasteiger partial charge in [0.25, 0.3) is 0 Å². The fourth-order valence-corrected chi connectivity index (χ4v) is 2.43. The SMILES string of the molecule is CC(=O)Oc1ccc(CC(=O)N(C)Cc2ccccc2C(F)(F)F)cc1. The molecule has 0 unspecified atom stereocenters. The average molecular weight is 365 g/mol. The highest BCUT2D eigenvalue weighted by atomic mass is 19.4. The van der Waals surface area contributed by atoms with Gasteiger partial charge in [0.2, 0.25) is 5.91 Å². The molecule has 2 aromatic rings. The molecule has 7 heteroatoms. The van der Waals surface area contributed by atoms with Crippen molar-refractivity contribution in [3.63, 3.8) is 0 Å². The van der Waals surface area contributed by atoms with E-state index in [1.165, 1.54) is 37.1 Å². The summed E-state index contributed by atoms with van der Waals surface area (Å²) in [6.07, 6.45) is -4.43. The number of ether oxygens (including phenoxy) is 1. The van der Waals surface area contributed by atoms with Crippen molar-refractivity contribution in [2.24, 2.45) is 0 Å². The van der Waals surface area contributed by atoms with Gasteiger partial charge in [-0.25, -0.2) is 0 Å². The molecule has 0 aliphatic heterocycles. The number of benzene rings is 2. The molecule has 0 atom stereocenters. The molecule has 0 aromatic heterocycles. The van der Waals surface area contributed by atoms with E-state index in [9.17, 15) is 22.8 Å². The van der Waals surface area contributed by atoms with Gasteiger partial charge in [-0.2, -0.15) is 13.2 Å². The minimum atomic E-state index is -4.47. The van der Waals surface area contributed by atoms with Crippen molar-refractivity contribution >= 4 is 11.9 Å². The van der Waals surface area contributed by atoms with Crippen molar-refractivity contribution in [1.82, 2.24) is 4.90 Å². The summed E-state index contributed by atoms with van der Waals surface area (Å²) >= 11 is 0. The molecule has 0 N–H and O–H groups in total. The van der Waals surface area contributed by atoms with E-state index in [1.807, 2.05) is 0 Å². The summed E-state index contributed by atoms with van der Waals surface area (Å²) in [5.74, 6) is -0.403. The molecular weight excluding hydrogens is 347 g/mol. The summed E-state index contributed by atoms with van der Waals surface area (Å²) in [6, 6.07) is 11.6. The van der Waals surface area contributed by atoms with E-state index in [1.54, 1.807) is 24.3 Å². The first-order valence-corrected chi connectivity index (χ1v) is 7.83. The van der Waals surface area contributed by atoms with Gasteiger partial charge >= 0.3 is 12.1 Å². The first kappa shape index (κ1) is 19.5. The maximum atomic E-state index is 13.0. The lowest BCUT2D eigenvalue weighted by molar-refractivity contribution is -0.139. The molecule has 138 valence electrons. The van der Waals surface area contributed by atoms with Crippen LogP contribution in [0.1, 0.15) is 23.6 Å². The van der Waals surface area contributed by atoms with Gasteiger partial charge in [0.15, 0.2) is 0 Å². The van der Waals surface area contributed by atoms with Crippen LogP contribution in [0, 0.1) is 0 Å². The second-order valence-electron chi connectivity index (χ2n) is 5.82. The zero-order valence-corrected chi connectivity index (χ0v) is 14.3. The molecule has 0 spiro atoms. The minimum absolute atomic E-state index is 0.0328. The number of hydrogen-bond acceptors (Lipinski definition) is 3. The van der Waals surface area contributed by atoms with Gasteiger partial charge < -0.3 is 9.64 Å². The van der Waals surface area contributed by atoms with Gasteiger partial charge in [0.05, 0.1) is 12.0 Å². The first-order valence-electron chi connectivity index (χ1n) is 7.83. The lowest BCUT2D eigenvalue weighted by atomic mass is 10.1. The summed E-state index contributed by atoms with van der Waals surface area (Å²) in [4.78, 5) is 24.4. The Morgan fingerprint density at radius 1 is 1.04 bits per heavy atom. The summed E-state index contributed by atoms with van der Waals surface area (Å²) < 4.78 is 44.0. The Bertz CT molecular complexity index is 785. The van der Waals surface area contributed by atoms with Gasteiger partial charge in [-0.1, -0.05) is 30.3 Å². The van der Waals surface area contributed by atoms with Crippen molar-refractivity contribution in [2.45, 2.75) is 26.1 Å². The van der Waals surface area contributed by atoms with E-state index >= 15 is 0 Å². The zero-order chi connectivity index (χ0) is 19.3. The molecule has 0 bridgehead atoms. The molecule has 0 saturated heterocycles. The third-order valence-electron chi connectivity index (χ3n) is 3.70. The predicted octanol–water partition coefficient (Wildman–Crippen LogP) is 3.83.